The average Bonchev–Trinajstić information content (AvgIpc) is 2.89. The summed E-state index contributed by atoms with van der Waals surface area (Å²) in [5, 5.41) is 7.98. The first kappa shape index (κ1) is 14.9. The number of nitrogens with zero attached hydrogens (tertiary/aromatic N) is 2. The lowest BCUT2D eigenvalue weighted by Crippen LogP contribution is -1.98. The van der Waals surface area contributed by atoms with E-state index < -0.39 is 0 Å². The molecule has 0 amide bonds. The molecule has 108 valence electrons. The van der Waals surface area contributed by atoms with E-state index >= 15 is 0 Å². The highest BCUT2D eigenvalue weighted by atomic mass is 32.2. The highest BCUT2D eigenvalue weighted by Gasteiger charge is 2.06. The monoisotopic (exact) mass is 291 g/mol. The molecule has 1 N–H and O–H groups in total. The lowest BCUT2D eigenvalue weighted by molar-refractivity contribution is 0.318. The van der Waals surface area contributed by atoms with Crippen LogP contribution in [0.2, 0.25) is 0 Å². The number of nitrogens with one attached hydrogen (secondary N) is 1. The van der Waals surface area contributed by atoms with Crippen LogP contribution in [0.1, 0.15) is 37.6 Å². The van der Waals surface area contributed by atoms with Crippen molar-refractivity contribution >= 4 is 11.8 Å². The molecule has 0 aliphatic heterocycles. The summed E-state index contributed by atoms with van der Waals surface area (Å²) >= 11 is 1.66. The second-order valence-electron chi connectivity index (χ2n) is 5.02. The van der Waals surface area contributed by atoms with E-state index in [4.69, 9.17) is 4.74 Å². The second kappa shape index (κ2) is 7.33. The predicted molar refractivity (Wildman–Crippen MR) is 82.5 cm³/mol. The first-order valence-electron chi connectivity index (χ1n) is 6.89. The van der Waals surface area contributed by atoms with E-state index in [9.17, 15) is 0 Å². The molecular formula is C15H21N3OS. The zero-order valence-electron chi connectivity index (χ0n) is 12.2. The fraction of sp³-hybridized carbons (Fsp3) is 0.467. The third-order valence-corrected chi connectivity index (χ3v) is 3.77. The zero-order valence-corrected chi connectivity index (χ0v) is 13.0. The first-order chi connectivity index (χ1) is 9.65. The molecule has 20 heavy (non-hydrogen) atoms. The van der Waals surface area contributed by atoms with E-state index in [1.54, 1.807) is 11.8 Å². The fourth-order valence-electron chi connectivity index (χ4n) is 1.63. The topological polar surface area (TPSA) is 50.8 Å². The van der Waals surface area contributed by atoms with Crippen LogP contribution in [0.3, 0.4) is 0 Å². The lowest BCUT2D eigenvalue weighted by atomic mass is 10.2. The van der Waals surface area contributed by atoms with Crippen LogP contribution in [0.4, 0.5) is 0 Å². The molecule has 0 aliphatic carbocycles. The molecule has 0 saturated heterocycles. The maximum Gasteiger partial charge on any atom is 0.208 e. The van der Waals surface area contributed by atoms with Crippen LogP contribution in [0, 0.1) is 6.92 Å². The molecule has 0 saturated carbocycles. The Morgan fingerprint density at radius 3 is 2.65 bits per heavy atom. The Morgan fingerprint density at radius 1 is 1.25 bits per heavy atom. The number of H-pyrrole nitrogens is 1. The van der Waals surface area contributed by atoms with Gasteiger partial charge in [0.15, 0.2) is 0 Å². The molecule has 2 rings (SSSR count). The van der Waals surface area contributed by atoms with E-state index in [1.165, 1.54) is 5.56 Å². The summed E-state index contributed by atoms with van der Waals surface area (Å²) in [6.07, 6.45) is 0.976. The summed E-state index contributed by atoms with van der Waals surface area (Å²) in [7, 11) is 0. The summed E-state index contributed by atoms with van der Waals surface area (Å²) in [4.78, 5) is 4.43. The van der Waals surface area contributed by atoms with Gasteiger partial charge in [-0.2, -0.15) is 0 Å². The highest BCUT2D eigenvalue weighted by Crippen LogP contribution is 2.17. The average molecular weight is 291 g/mol. The Bertz CT molecular complexity index is 522. The molecule has 1 aromatic carbocycles. The van der Waals surface area contributed by atoms with Crippen LogP contribution >= 0.6 is 11.8 Å². The molecule has 1 heterocycles. The van der Waals surface area contributed by atoms with Gasteiger partial charge in [0.2, 0.25) is 5.16 Å². The van der Waals surface area contributed by atoms with Crippen molar-refractivity contribution in [2.75, 3.05) is 12.4 Å². The number of aryl methyl sites for hydroxylation is 1. The molecule has 0 unspecified atom stereocenters. The van der Waals surface area contributed by atoms with Gasteiger partial charge in [-0.15, -0.1) is 5.10 Å². The molecular weight excluding hydrogens is 270 g/mol. The van der Waals surface area contributed by atoms with Gasteiger partial charge in [0.05, 0.1) is 6.61 Å². The number of rotatable bonds is 7. The van der Waals surface area contributed by atoms with Gasteiger partial charge in [-0.1, -0.05) is 43.3 Å². The number of benzene rings is 1. The molecule has 0 bridgehead atoms. The third kappa shape index (κ3) is 4.56. The SMILES string of the molecule is Cc1ccc(OCCCSc2n[nH]c(C(C)C)n2)cc1. The standard InChI is InChI=1S/C15H21N3OS/c1-11(2)14-16-15(18-17-14)20-10-4-9-19-13-7-5-12(3)6-8-13/h5-8,11H,4,9-10H2,1-3H3,(H,16,17,18). The third-order valence-electron chi connectivity index (χ3n) is 2.84. The van der Waals surface area contributed by atoms with Gasteiger partial charge in [-0.25, -0.2) is 4.98 Å². The minimum Gasteiger partial charge on any atom is -0.494 e. The molecule has 1 aromatic heterocycles. The lowest BCUT2D eigenvalue weighted by Gasteiger charge is -2.05. The molecule has 5 heteroatoms. The van der Waals surface area contributed by atoms with Crippen molar-refractivity contribution < 1.29 is 4.74 Å². The van der Waals surface area contributed by atoms with Gasteiger partial charge in [0.25, 0.3) is 0 Å². The van der Waals surface area contributed by atoms with Crippen LogP contribution in [-0.4, -0.2) is 27.5 Å². The van der Waals surface area contributed by atoms with Gasteiger partial charge in [-0.3, -0.25) is 5.10 Å². The van der Waals surface area contributed by atoms with Crippen LogP contribution in [0.5, 0.6) is 5.75 Å². The fourth-order valence-corrected chi connectivity index (χ4v) is 2.35. The molecule has 0 spiro atoms. The molecule has 0 fully saturated rings. The van der Waals surface area contributed by atoms with Gasteiger partial charge in [-0.05, 0) is 25.5 Å². The largest absolute Gasteiger partial charge is 0.494 e. The molecule has 4 nitrogen and oxygen atoms in total. The number of ether oxygens (including phenoxy) is 1. The molecule has 2 aromatic rings. The van der Waals surface area contributed by atoms with Gasteiger partial charge in [0, 0.05) is 11.7 Å². The Labute approximate surface area is 124 Å². The smallest absolute Gasteiger partial charge is 0.208 e. The normalized spacial score (nSPS) is 11.0. The number of hydrogen-bond donors (Lipinski definition) is 1. The van der Waals surface area contributed by atoms with Crippen molar-refractivity contribution in [3.05, 3.63) is 35.7 Å². The van der Waals surface area contributed by atoms with Gasteiger partial charge >= 0.3 is 0 Å². The van der Waals surface area contributed by atoms with Crippen molar-refractivity contribution in [1.29, 1.82) is 0 Å². The molecule has 0 radical (unpaired) electrons. The molecule has 0 aliphatic rings. The van der Waals surface area contributed by atoms with E-state index in [1.807, 2.05) is 12.1 Å². The molecule has 0 atom stereocenters. The Morgan fingerprint density at radius 2 is 2.00 bits per heavy atom. The number of hydrogen-bond acceptors (Lipinski definition) is 4. The van der Waals surface area contributed by atoms with Crippen molar-refractivity contribution in [3.63, 3.8) is 0 Å². The first-order valence-corrected chi connectivity index (χ1v) is 7.88. The van der Waals surface area contributed by atoms with Crippen LogP contribution < -0.4 is 4.74 Å². The summed E-state index contributed by atoms with van der Waals surface area (Å²) < 4.78 is 5.68. The van der Waals surface area contributed by atoms with E-state index in [0.717, 1.165) is 35.5 Å². The zero-order chi connectivity index (χ0) is 14.4. The quantitative estimate of drug-likeness (QED) is 0.623. The summed E-state index contributed by atoms with van der Waals surface area (Å²) in [5.41, 5.74) is 1.25. The second-order valence-corrected chi connectivity index (χ2v) is 6.08. The Kier molecular flexibility index (Phi) is 5.47. The number of thioether (sulfide) groups is 1. The number of aromatic amines is 1. The van der Waals surface area contributed by atoms with Crippen molar-refractivity contribution in [2.24, 2.45) is 0 Å². The summed E-state index contributed by atoms with van der Waals surface area (Å²) in [6, 6.07) is 8.13. The Hall–Kier alpha value is -1.49. The van der Waals surface area contributed by atoms with Crippen molar-refractivity contribution in [1.82, 2.24) is 15.2 Å². The van der Waals surface area contributed by atoms with Crippen molar-refractivity contribution in [2.45, 2.75) is 38.3 Å². The van der Waals surface area contributed by atoms with E-state index in [0.29, 0.717) is 5.92 Å². The van der Waals surface area contributed by atoms with E-state index in [-0.39, 0.29) is 0 Å². The predicted octanol–water partition coefficient (Wildman–Crippen LogP) is 3.80. The number of aromatic nitrogens is 3. The van der Waals surface area contributed by atoms with Gasteiger partial charge < -0.3 is 4.74 Å². The maximum absolute atomic E-state index is 5.68. The van der Waals surface area contributed by atoms with Crippen LogP contribution in [0.15, 0.2) is 29.4 Å². The summed E-state index contributed by atoms with van der Waals surface area (Å²) in [6.45, 7) is 7.00. The van der Waals surface area contributed by atoms with E-state index in [2.05, 4.69) is 48.1 Å². The minimum absolute atomic E-state index is 0.390. The maximum atomic E-state index is 5.68. The van der Waals surface area contributed by atoms with Crippen LogP contribution in [0.25, 0.3) is 0 Å². The Balaban J connectivity index is 1.65. The van der Waals surface area contributed by atoms with Gasteiger partial charge in [0.1, 0.15) is 11.6 Å². The highest BCUT2D eigenvalue weighted by molar-refractivity contribution is 7.99. The summed E-state index contributed by atoms with van der Waals surface area (Å²) in [5.74, 6) is 3.23. The minimum atomic E-state index is 0.390. The van der Waals surface area contributed by atoms with Crippen LogP contribution in [-0.2, 0) is 0 Å². The van der Waals surface area contributed by atoms with Crippen molar-refractivity contribution in [3.8, 4) is 5.75 Å².